The molecule has 12 heteroatoms. The summed E-state index contributed by atoms with van der Waals surface area (Å²) in [6.07, 6.45) is -0.111. The summed E-state index contributed by atoms with van der Waals surface area (Å²) in [7, 11) is 8.19. The van der Waals surface area contributed by atoms with Crippen LogP contribution in [0.5, 0.6) is 5.75 Å². The minimum Gasteiger partial charge on any atom is -0.487 e. The molecule has 11 nitrogen and oxygen atoms in total. The Labute approximate surface area is 306 Å². The van der Waals surface area contributed by atoms with E-state index < -0.39 is 0 Å². The molecule has 4 aromatic carbocycles. The zero-order valence-corrected chi connectivity index (χ0v) is 31.7. The van der Waals surface area contributed by atoms with Crippen molar-refractivity contribution in [2.24, 2.45) is 0 Å². The molecule has 2 aliphatic heterocycles. The van der Waals surface area contributed by atoms with Crippen LogP contribution in [0.3, 0.4) is 0 Å². The van der Waals surface area contributed by atoms with Crippen molar-refractivity contribution in [1.82, 2.24) is 49.7 Å². The third-order valence-electron chi connectivity index (χ3n) is 8.84. The number of likely N-dealkylation sites (N-methyl/N-ethyl adjacent to an activating group) is 2. The third-order valence-corrected chi connectivity index (χ3v) is 8.84. The first kappa shape index (κ1) is 32.8. The van der Waals surface area contributed by atoms with Gasteiger partial charge in [-0.1, -0.05) is 84.9 Å². The molecule has 0 radical (unpaired) electrons. The number of hydrogen-bond acceptors (Lipinski definition) is 9. The molecule has 5 heterocycles. The van der Waals surface area contributed by atoms with Gasteiger partial charge >= 0.3 is 19.5 Å². The molecule has 0 fully saturated rings. The minimum atomic E-state index is -0.111. The Kier molecular flexibility index (Phi) is 8.38. The fourth-order valence-corrected chi connectivity index (χ4v) is 6.75. The smallest absolute Gasteiger partial charge is 0.487 e. The zero-order valence-electron chi connectivity index (χ0n) is 28.7. The summed E-state index contributed by atoms with van der Waals surface area (Å²) in [6.45, 7) is 1.46. The normalized spacial score (nSPS) is 12.1. The number of benzene rings is 4. The molecule has 51 heavy (non-hydrogen) atoms. The van der Waals surface area contributed by atoms with Crippen molar-refractivity contribution in [2.75, 3.05) is 41.3 Å². The summed E-state index contributed by atoms with van der Waals surface area (Å²) in [4.78, 5) is 44.5. The Bertz CT molecular complexity index is 2620. The van der Waals surface area contributed by atoms with Crippen LogP contribution in [0.1, 0.15) is 0 Å². The van der Waals surface area contributed by atoms with Crippen molar-refractivity contribution in [3.05, 3.63) is 91.0 Å². The monoisotopic (exact) mass is 720 g/mol. The summed E-state index contributed by atoms with van der Waals surface area (Å²) in [5, 5.41) is 3.49. The Hall–Kier alpha value is -5.42. The number of rotatable bonds is 6. The molecule has 9 rings (SSSR count). The Morgan fingerprint density at radius 3 is 1.41 bits per heavy atom. The van der Waals surface area contributed by atoms with Crippen LogP contribution in [0.15, 0.2) is 91.0 Å². The van der Waals surface area contributed by atoms with Crippen molar-refractivity contribution < 1.29 is 24.2 Å². The van der Waals surface area contributed by atoms with Gasteiger partial charge in [0.1, 0.15) is 11.9 Å². The Morgan fingerprint density at radius 1 is 0.490 bits per heavy atom. The van der Waals surface area contributed by atoms with E-state index in [4.69, 9.17) is 44.6 Å². The van der Waals surface area contributed by atoms with Crippen molar-refractivity contribution in [3.8, 4) is 51.3 Å². The van der Waals surface area contributed by atoms with E-state index in [0.717, 1.165) is 56.9 Å². The summed E-state index contributed by atoms with van der Waals surface area (Å²) < 4.78 is 6.78. The number of aromatic nitrogens is 8. The molecule has 0 saturated heterocycles. The molecule has 0 N–H and O–H groups in total. The maximum absolute atomic E-state index is 6.78. The average Bonchev–Trinajstić information content (AvgIpc) is 3.84. The summed E-state index contributed by atoms with van der Waals surface area (Å²) in [6, 6.07) is 29.8. The van der Waals surface area contributed by atoms with Gasteiger partial charge in [0.2, 0.25) is 0 Å². The summed E-state index contributed by atoms with van der Waals surface area (Å²) in [5.74, 6) is 2.66. The van der Waals surface area contributed by atoms with Gasteiger partial charge in [-0.3, -0.25) is 0 Å². The second-order valence-electron chi connectivity index (χ2n) is 13.1. The largest absolute Gasteiger partial charge is 2.00 e. The van der Waals surface area contributed by atoms with Gasteiger partial charge in [-0.05, 0) is 55.8 Å². The SMILES string of the molecule is CN(C)CC(CN(C)C)Oc1cccc2c1-c1nc3nc(nc4[n-]c(nc5[n-]c(nc-2n1)c1ccccc51)c1ccccc41)-c1ccccc1-3.[Zn+2]. The van der Waals surface area contributed by atoms with Crippen LogP contribution in [-0.2, 0) is 19.5 Å². The molecule has 2 aliphatic rings. The maximum atomic E-state index is 6.78. The fraction of sp³-hybridized carbons (Fsp3) is 0.179. The van der Waals surface area contributed by atoms with Crippen LogP contribution in [0.2, 0.25) is 0 Å². The predicted molar refractivity (Wildman–Crippen MR) is 196 cm³/mol. The van der Waals surface area contributed by atoms with E-state index in [0.29, 0.717) is 51.6 Å². The van der Waals surface area contributed by atoms with Crippen LogP contribution in [0.4, 0.5) is 0 Å². The van der Waals surface area contributed by atoms with Crippen molar-refractivity contribution in [1.29, 1.82) is 0 Å². The van der Waals surface area contributed by atoms with Gasteiger partial charge in [0.15, 0.2) is 11.6 Å². The summed E-state index contributed by atoms with van der Waals surface area (Å²) in [5.41, 5.74) is 5.40. The predicted octanol–water partition coefficient (Wildman–Crippen LogP) is 6.00. The molecule has 0 aliphatic carbocycles. The van der Waals surface area contributed by atoms with Crippen LogP contribution in [0.25, 0.3) is 89.7 Å². The summed E-state index contributed by atoms with van der Waals surface area (Å²) >= 11 is 0. The van der Waals surface area contributed by atoms with E-state index >= 15 is 0 Å². The quantitative estimate of drug-likeness (QED) is 0.188. The molecule has 0 amide bonds. The molecular weight excluding hydrogens is 690 g/mol. The molecular formula is C39H32N10OZn. The molecule has 8 bridgehead atoms. The van der Waals surface area contributed by atoms with Crippen LogP contribution >= 0.6 is 0 Å². The number of hydrogen-bond donors (Lipinski definition) is 0. The third kappa shape index (κ3) is 5.85. The van der Waals surface area contributed by atoms with Crippen LogP contribution in [0, 0.1) is 0 Å². The average molecular weight is 722 g/mol. The van der Waals surface area contributed by atoms with Gasteiger partial charge < -0.3 is 39.5 Å². The number of fused-ring (bicyclic) bond motifs is 20. The van der Waals surface area contributed by atoms with Crippen LogP contribution in [-0.4, -0.2) is 87.1 Å². The second-order valence-corrected chi connectivity index (χ2v) is 13.1. The van der Waals surface area contributed by atoms with E-state index in [1.165, 1.54) is 0 Å². The molecule has 7 aromatic rings. The van der Waals surface area contributed by atoms with Gasteiger partial charge in [-0.2, -0.15) is 0 Å². The van der Waals surface area contributed by atoms with E-state index in [-0.39, 0.29) is 25.6 Å². The first-order valence-corrected chi connectivity index (χ1v) is 16.5. The topological polar surface area (TPSA) is 121 Å². The van der Waals surface area contributed by atoms with E-state index in [2.05, 4.69) is 9.80 Å². The first-order valence-electron chi connectivity index (χ1n) is 16.5. The molecule has 246 valence electrons. The molecule has 0 spiro atoms. The van der Waals surface area contributed by atoms with Gasteiger partial charge in [0.05, 0.1) is 17.2 Å². The number of nitrogens with zero attached hydrogens (tertiary/aromatic N) is 10. The van der Waals surface area contributed by atoms with Crippen molar-refractivity contribution in [3.63, 3.8) is 0 Å². The van der Waals surface area contributed by atoms with Crippen molar-refractivity contribution in [2.45, 2.75) is 6.10 Å². The Balaban J connectivity index is 0.00000374. The minimum absolute atomic E-state index is 0. The van der Waals surface area contributed by atoms with Gasteiger partial charge in [-0.25, -0.2) is 15.0 Å². The van der Waals surface area contributed by atoms with Crippen LogP contribution < -0.4 is 14.7 Å². The van der Waals surface area contributed by atoms with E-state index in [1.54, 1.807) is 0 Å². The standard InChI is InChI=1S/C39H32N10O.Zn/c1-48(2)20-22(21-49(3)4)50-30-19-11-18-29-31(30)39-46-37-28-17-10-9-16-27(28)35(44-37)42-33-24-13-6-5-12-23(24)32(40-33)41-34-25-14-7-8-15-26(25)36(43-34)45-38(29)47-39;/h5-19,22H,20-21H2,1-4H3;/q-2;+2. The molecule has 0 saturated carbocycles. The maximum Gasteiger partial charge on any atom is 2.00 e. The van der Waals surface area contributed by atoms with Crippen molar-refractivity contribution >= 4 is 44.1 Å². The van der Waals surface area contributed by atoms with Gasteiger partial charge in [-0.15, -0.1) is 0 Å². The fourth-order valence-electron chi connectivity index (χ4n) is 6.75. The second kappa shape index (κ2) is 13.0. The van der Waals surface area contributed by atoms with Gasteiger partial charge in [0, 0.05) is 52.4 Å². The zero-order chi connectivity index (χ0) is 33.9. The molecule has 0 atom stereocenters. The molecule has 3 aromatic heterocycles. The van der Waals surface area contributed by atoms with E-state index in [1.807, 2.05) is 119 Å². The first-order chi connectivity index (χ1) is 24.4. The van der Waals surface area contributed by atoms with E-state index in [9.17, 15) is 0 Å². The number of ether oxygens (including phenoxy) is 1. The van der Waals surface area contributed by atoms with Gasteiger partial charge in [0.25, 0.3) is 0 Å². The molecule has 0 unspecified atom stereocenters. The Morgan fingerprint density at radius 2 is 0.902 bits per heavy atom.